The first-order valence-electron chi connectivity index (χ1n) is 10.4. The lowest BCUT2D eigenvalue weighted by atomic mass is 10.1. The minimum atomic E-state index is -2.91. The van der Waals surface area contributed by atoms with Gasteiger partial charge in [0.05, 0.1) is 26.0 Å². The third-order valence-corrected chi connectivity index (χ3v) is 4.91. The first kappa shape index (κ1) is 26.2. The van der Waals surface area contributed by atoms with Crippen LogP contribution < -0.4 is 20.1 Å². The fraction of sp³-hybridized carbons (Fsp3) is 0.500. The van der Waals surface area contributed by atoms with E-state index in [9.17, 15) is 8.78 Å². The Hall–Kier alpha value is -2.08. The minimum Gasteiger partial charge on any atom is -0.497 e. The number of alkyl halides is 2. The summed E-state index contributed by atoms with van der Waals surface area (Å²) in [6, 6.07) is 8.43. The summed E-state index contributed by atoms with van der Waals surface area (Å²) in [7, 11) is 1.52. The Labute approximate surface area is 203 Å². The maximum atomic E-state index is 12.8. The Bertz CT molecular complexity index is 816. The number of hydrogen-bond acceptors (Lipinski definition) is 5. The molecule has 1 aromatic heterocycles. The van der Waals surface area contributed by atoms with Gasteiger partial charge in [-0.1, -0.05) is 0 Å². The molecule has 0 spiro atoms. The second kappa shape index (κ2) is 14.1. The van der Waals surface area contributed by atoms with Crippen LogP contribution in [0.4, 0.5) is 8.78 Å². The van der Waals surface area contributed by atoms with Crippen LogP contribution in [0.1, 0.15) is 30.6 Å². The van der Waals surface area contributed by atoms with Crippen molar-refractivity contribution in [2.75, 3.05) is 26.8 Å². The van der Waals surface area contributed by atoms with Gasteiger partial charge in [-0.25, -0.2) is 4.99 Å². The van der Waals surface area contributed by atoms with Gasteiger partial charge < -0.3 is 29.3 Å². The highest BCUT2D eigenvalue weighted by molar-refractivity contribution is 14.0. The van der Waals surface area contributed by atoms with Gasteiger partial charge in [0.2, 0.25) is 0 Å². The van der Waals surface area contributed by atoms with Gasteiger partial charge in [-0.2, -0.15) is 8.78 Å². The zero-order valence-electron chi connectivity index (χ0n) is 18.0. The predicted molar refractivity (Wildman–Crippen MR) is 128 cm³/mol. The van der Waals surface area contributed by atoms with Gasteiger partial charge >= 0.3 is 6.61 Å². The quantitative estimate of drug-likeness (QED) is 0.254. The molecule has 0 amide bonds. The summed E-state index contributed by atoms with van der Waals surface area (Å²) in [5.74, 6) is 2.04. The zero-order chi connectivity index (χ0) is 21.9. The lowest BCUT2D eigenvalue weighted by molar-refractivity contribution is -0.0504. The second-order valence-corrected chi connectivity index (χ2v) is 7.14. The normalized spacial score (nSPS) is 16.4. The van der Waals surface area contributed by atoms with Gasteiger partial charge in [0.15, 0.2) is 5.96 Å². The van der Waals surface area contributed by atoms with Crippen molar-refractivity contribution in [1.29, 1.82) is 0 Å². The SMILES string of the molecule is COc1ccc(OC(F)F)c(CN=C(NCCc2ccco2)NCC2CCCCO2)c1.I. The molecule has 0 saturated carbocycles. The van der Waals surface area contributed by atoms with Gasteiger partial charge in [-0.05, 0) is 49.6 Å². The standard InChI is InChI=1S/C22H29F2N3O4.HI/c1-28-18-7-8-20(31-21(23)24)16(13-18)14-26-22(25-10-9-17-6-4-12-29-17)27-15-19-5-2-3-11-30-19;/h4,6-8,12-13,19,21H,2-3,5,9-11,14-15H2,1H3,(H2,25,26,27);1H. The van der Waals surface area contributed by atoms with E-state index >= 15 is 0 Å². The number of furan rings is 1. The summed E-state index contributed by atoms with van der Waals surface area (Å²) in [5.41, 5.74) is 0.501. The number of nitrogens with one attached hydrogen (secondary N) is 2. The average Bonchev–Trinajstić information content (AvgIpc) is 3.30. The van der Waals surface area contributed by atoms with E-state index in [1.807, 2.05) is 12.1 Å². The Kier molecular flexibility index (Phi) is 11.6. The molecule has 10 heteroatoms. The number of benzene rings is 1. The van der Waals surface area contributed by atoms with Crippen LogP contribution in [-0.2, 0) is 17.7 Å². The fourth-order valence-electron chi connectivity index (χ4n) is 3.29. The van der Waals surface area contributed by atoms with E-state index in [4.69, 9.17) is 13.9 Å². The Morgan fingerprint density at radius 2 is 2.12 bits per heavy atom. The number of nitrogens with zero attached hydrogens (tertiary/aromatic N) is 1. The molecule has 0 bridgehead atoms. The van der Waals surface area contributed by atoms with Gasteiger partial charge in [-0.3, -0.25) is 0 Å². The van der Waals surface area contributed by atoms with Gasteiger partial charge in [0.1, 0.15) is 17.3 Å². The Morgan fingerprint density at radius 1 is 1.25 bits per heavy atom. The molecule has 0 aliphatic carbocycles. The van der Waals surface area contributed by atoms with Crippen LogP contribution in [-0.4, -0.2) is 45.5 Å². The lowest BCUT2D eigenvalue weighted by Gasteiger charge is -2.24. The molecular formula is C22H30F2IN3O4. The first-order chi connectivity index (χ1) is 15.1. The topological polar surface area (TPSA) is 77.2 Å². The molecule has 1 aromatic carbocycles. The van der Waals surface area contributed by atoms with Crippen molar-refractivity contribution in [3.05, 3.63) is 47.9 Å². The van der Waals surface area contributed by atoms with E-state index in [1.165, 1.54) is 13.2 Å². The molecule has 178 valence electrons. The maximum absolute atomic E-state index is 12.8. The molecular weight excluding hydrogens is 535 g/mol. The Morgan fingerprint density at radius 3 is 2.81 bits per heavy atom. The molecule has 2 heterocycles. The van der Waals surface area contributed by atoms with Crippen LogP contribution in [0.3, 0.4) is 0 Å². The van der Waals surface area contributed by atoms with Crippen LogP contribution in [0.15, 0.2) is 46.0 Å². The molecule has 1 atom stereocenters. The third kappa shape index (κ3) is 8.81. The highest BCUT2D eigenvalue weighted by Crippen LogP contribution is 2.26. The molecule has 0 radical (unpaired) electrons. The van der Waals surface area contributed by atoms with Crippen molar-refractivity contribution in [3.63, 3.8) is 0 Å². The third-order valence-electron chi connectivity index (χ3n) is 4.91. The van der Waals surface area contributed by atoms with E-state index in [2.05, 4.69) is 20.4 Å². The van der Waals surface area contributed by atoms with Crippen LogP contribution in [0.5, 0.6) is 11.5 Å². The summed E-state index contributed by atoms with van der Waals surface area (Å²) in [4.78, 5) is 4.57. The van der Waals surface area contributed by atoms with Crippen molar-refractivity contribution in [2.45, 2.75) is 44.9 Å². The minimum absolute atomic E-state index is 0. The monoisotopic (exact) mass is 565 g/mol. The number of guanidine groups is 1. The molecule has 7 nitrogen and oxygen atoms in total. The first-order valence-corrected chi connectivity index (χ1v) is 10.4. The summed E-state index contributed by atoms with van der Waals surface area (Å²) in [6.07, 6.45) is 5.67. The van der Waals surface area contributed by atoms with Crippen molar-refractivity contribution < 1.29 is 27.4 Å². The summed E-state index contributed by atoms with van der Waals surface area (Å²) >= 11 is 0. The van der Waals surface area contributed by atoms with E-state index < -0.39 is 6.61 Å². The lowest BCUT2D eigenvalue weighted by Crippen LogP contribution is -2.43. The summed E-state index contributed by atoms with van der Waals surface area (Å²) in [6.45, 7) is -0.790. The molecule has 32 heavy (non-hydrogen) atoms. The van der Waals surface area contributed by atoms with Crippen LogP contribution in [0.25, 0.3) is 0 Å². The van der Waals surface area contributed by atoms with E-state index in [0.717, 1.165) is 31.6 Å². The highest BCUT2D eigenvalue weighted by Gasteiger charge is 2.15. The largest absolute Gasteiger partial charge is 0.497 e. The van der Waals surface area contributed by atoms with Crippen molar-refractivity contribution in [2.24, 2.45) is 4.99 Å². The number of aliphatic imine (C=N–C) groups is 1. The molecule has 2 N–H and O–H groups in total. The number of ether oxygens (including phenoxy) is 3. The maximum Gasteiger partial charge on any atom is 0.387 e. The summed E-state index contributed by atoms with van der Waals surface area (Å²) in [5, 5.41) is 6.55. The zero-order valence-corrected chi connectivity index (χ0v) is 20.4. The van der Waals surface area contributed by atoms with Crippen LogP contribution in [0, 0.1) is 0 Å². The van der Waals surface area contributed by atoms with Crippen molar-refractivity contribution >= 4 is 29.9 Å². The van der Waals surface area contributed by atoms with Crippen molar-refractivity contribution in [3.8, 4) is 11.5 Å². The molecule has 1 fully saturated rings. The smallest absolute Gasteiger partial charge is 0.387 e. The van der Waals surface area contributed by atoms with E-state index in [1.54, 1.807) is 18.4 Å². The highest BCUT2D eigenvalue weighted by atomic mass is 127. The molecule has 1 aliphatic heterocycles. The van der Waals surface area contributed by atoms with E-state index in [-0.39, 0.29) is 42.4 Å². The van der Waals surface area contributed by atoms with Crippen LogP contribution >= 0.6 is 24.0 Å². The summed E-state index contributed by atoms with van der Waals surface area (Å²) < 4.78 is 46.5. The fourth-order valence-corrected chi connectivity index (χ4v) is 3.29. The number of rotatable bonds is 10. The van der Waals surface area contributed by atoms with Crippen molar-refractivity contribution in [1.82, 2.24) is 10.6 Å². The molecule has 2 aromatic rings. The molecule has 1 unspecified atom stereocenters. The van der Waals surface area contributed by atoms with Gasteiger partial charge in [-0.15, -0.1) is 24.0 Å². The molecule has 3 rings (SSSR count). The number of methoxy groups -OCH3 is 1. The number of halogens is 3. The molecule has 1 saturated heterocycles. The van der Waals surface area contributed by atoms with Gasteiger partial charge in [0.25, 0.3) is 0 Å². The number of hydrogen-bond donors (Lipinski definition) is 2. The average molecular weight is 565 g/mol. The Balaban J connectivity index is 0.00000363. The van der Waals surface area contributed by atoms with Gasteiger partial charge in [0, 0.05) is 31.7 Å². The van der Waals surface area contributed by atoms with E-state index in [0.29, 0.717) is 36.8 Å². The molecule has 1 aliphatic rings. The van der Waals surface area contributed by atoms with Crippen LogP contribution in [0.2, 0.25) is 0 Å². The second-order valence-electron chi connectivity index (χ2n) is 7.14. The predicted octanol–water partition coefficient (Wildman–Crippen LogP) is 4.35.